The first-order valence-electron chi connectivity index (χ1n) is 13.6. The number of halogens is 4. The van der Waals surface area contributed by atoms with E-state index >= 15 is 0 Å². The third kappa shape index (κ3) is 9.24. The molecule has 0 radical (unpaired) electrons. The van der Waals surface area contributed by atoms with Gasteiger partial charge in [0.1, 0.15) is 5.69 Å². The fourth-order valence-electron chi connectivity index (χ4n) is 4.45. The van der Waals surface area contributed by atoms with Gasteiger partial charge in [-0.05, 0) is 36.8 Å². The fourth-order valence-corrected chi connectivity index (χ4v) is 5.59. The highest BCUT2D eigenvalue weighted by molar-refractivity contribution is 6.43. The minimum absolute atomic E-state index is 0.140. The van der Waals surface area contributed by atoms with Crippen molar-refractivity contribution in [1.29, 1.82) is 5.53 Å². The number of carbonyl (C=O) groups is 1. The van der Waals surface area contributed by atoms with E-state index in [1.807, 2.05) is 12.1 Å². The van der Waals surface area contributed by atoms with Crippen molar-refractivity contribution in [3.05, 3.63) is 50.4 Å². The number of hydrogen-bond donors (Lipinski definition) is 3. The molecule has 0 spiro atoms. The van der Waals surface area contributed by atoms with Crippen molar-refractivity contribution in [2.24, 2.45) is 10.1 Å². The third-order valence-electron chi connectivity index (χ3n) is 6.57. The Balaban J connectivity index is 1.54. The molecule has 2 aromatic rings. The summed E-state index contributed by atoms with van der Waals surface area (Å²) < 4.78 is 0. The van der Waals surface area contributed by atoms with Crippen LogP contribution in [0.15, 0.2) is 40.4 Å². The van der Waals surface area contributed by atoms with Gasteiger partial charge >= 0.3 is 0 Å². The number of carbonyl (C=O) groups excluding carboxylic acids is 1. The Hall–Kier alpha value is -2.06. The summed E-state index contributed by atoms with van der Waals surface area (Å²) in [6, 6.07) is 7.22. The second-order valence-corrected chi connectivity index (χ2v) is 11.3. The zero-order valence-corrected chi connectivity index (χ0v) is 25.2. The Kier molecular flexibility index (Phi) is 13.1. The van der Waals surface area contributed by atoms with Gasteiger partial charge in [0.15, 0.2) is 5.84 Å². The molecule has 3 rings (SSSR count). The lowest BCUT2D eigenvalue weighted by Gasteiger charge is -2.19. The van der Waals surface area contributed by atoms with E-state index in [1.54, 1.807) is 6.07 Å². The maximum atomic E-state index is 13.0. The highest BCUT2D eigenvalue weighted by Crippen LogP contribution is 2.38. The van der Waals surface area contributed by atoms with Crippen molar-refractivity contribution in [3.8, 4) is 0 Å². The van der Waals surface area contributed by atoms with Gasteiger partial charge in [-0.25, -0.2) is 15.5 Å². The van der Waals surface area contributed by atoms with Crippen molar-refractivity contribution in [3.63, 3.8) is 0 Å². The fraction of sp³-hybridized carbons (Fsp3) is 0.500. The van der Waals surface area contributed by atoms with E-state index in [2.05, 4.69) is 27.8 Å². The van der Waals surface area contributed by atoms with Crippen LogP contribution >= 0.6 is 46.4 Å². The van der Waals surface area contributed by atoms with E-state index in [1.165, 1.54) is 76.3 Å². The molecule has 1 heterocycles. The van der Waals surface area contributed by atoms with Gasteiger partial charge in [0.25, 0.3) is 5.91 Å². The molecule has 212 valence electrons. The summed E-state index contributed by atoms with van der Waals surface area (Å²) >= 11 is 25.0. The van der Waals surface area contributed by atoms with E-state index < -0.39 is 11.9 Å². The van der Waals surface area contributed by atoms with Crippen molar-refractivity contribution in [2.45, 2.75) is 83.6 Å². The monoisotopic (exact) mass is 612 g/mol. The van der Waals surface area contributed by atoms with Gasteiger partial charge in [0, 0.05) is 17.3 Å². The Bertz CT molecular complexity index is 1140. The van der Waals surface area contributed by atoms with E-state index in [9.17, 15) is 4.79 Å². The molecule has 1 amide bonds. The average molecular weight is 614 g/mol. The number of unbranched alkanes of at least 4 members (excludes halogenated alkanes) is 10. The number of amides is 1. The van der Waals surface area contributed by atoms with Crippen LogP contribution in [0.4, 0.5) is 17.1 Å². The largest absolute Gasteiger partial charge is 0.385 e. The number of anilines is 2. The lowest BCUT2D eigenvalue weighted by molar-refractivity contribution is -0.117. The number of hydrogen-bond acceptors (Lipinski definition) is 5. The van der Waals surface area contributed by atoms with Gasteiger partial charge in [-0.3, -0.25) is 10.2 Å². The molecule has 2 aromatic carbocycles. The van der Waals surface area contributed by atoms with Crippen molar-refractivity contribution in [2.75, 3.05) is 16.9 Å². The molecule has 1 fully saturated rings. The van der Waals surface area contributed by atoms with Crippen LogP contribution < -0.4 is 15.8 Å². The van der Waals surface area contributed by atoms with Crippen LogP contribution in [0.5, 0.6) is 0 Å². The maximum Gasteiger partial charge on any atom is 0.280 e. The molecule has 0 aromatic heterocycles. The summed E-state index contributed by atoms with van der Waals surface area (Å²) in [4.78, 5) is 17.5. The molecule has 1 unspecified atom stereocenters. The Labute approximate surface area is 251 Å². The normalized spacial score (nSPS) is 16.1. The molecule has 11 heteroatoms. The van der Waals surface area contributed by atoms with E-state index in [4.69, 9.17) is 51.9 Å². The zero-order chi connectivity index (χ0) is 28.2. The summed E-state index contributed by atoms with van der Waals surface area (Å²) in [6.07, 6.45) is 14.3. The van der Waals surface area contributed by atoms with Crippen LogP contribution in [0.3, 0.4) is 0 Å². The lowest BCUT2D eigenvalue weighted by Crippen LogP contribution is -2.36. The number of rotatable bonds is 16. The Morgan fingerprint density at radius 1 is 0.872 bits per heavy atom. The van der Waals surface area contributed by atoms with Crippen molar-refractivity contribution < 1.29 is 4.79 Å². The predicted molar refractivity (Wildman–Crippen MR) is 165 cm³/mol. The highest BCUT2D eigenvalue weighted by atomic mass is 35.5. The van der Waals surface area contributed by atoms with Gasteiger partial charge in [0.2, 0.25) is 6.04 Å². The molecule has 1 aliphatic heterocycles. The van der Waals surface area contributed by atoms with Crippen molar-refractivity contribution >= 4 is 75.2 Å². The van der Waals surface area contributed by atoms with Crippen LogP contribution in [-0.4, -0.2) is 24.3 Å². The molecule has 39 heavy (non-hydrogen) atoms. The van der Waals surface area contributed by atoms with Crippen LogP contribution in [0.25, 0.3) is 0 Å². The van der Waals surface area contributed by atoms with E-state index in [-0.39, 0.29) is 21.6 Å². The van der Waals surface area contributed by atoms with Gasteiger partial charge in [-0.15, -0.1) is 0 Å². The second kappa shape index (κ2) is 16.3. The van der Waals surface area contributed by atoms with Gasteiger partial charge in [-0.2, -0.15) is 5.11 Å². The quantitative estimate of drug-likeness (QED) is 0.130. The van der Waals surface area contributed by atoms with Gasteiger partial charge in [0.05, 0.1) is 20.8 Å². The van der Waals surface area contributed by atoms with Crippen molar-refractivity contribution in [1.82, 2.24) is 5.43 Å². The molecule has 1 atom stereocenters. The number of nitrogens with one attached hydrogen (secondary N) is 3. The summed E-state index contributed by atoms with van der Waals surface area (Å²) in [5.41, 5.74) is 12.0. The van der Waals surface area contributed by atoms with Gasteiger partial charge < -0.3 is 5.32 Å². The van der Waals surface area contributed by atoms with E-state index in [0.29, 0.717) is 15.7 Å². The Morgan fingerprint density at radius 2 is 1.46 bits per heavy atom. The molecular weight excluding hydrogens is 578 g/mol. The van der Waals surface area contributed by atoms with Gasteiger partial charge in [-0.1, -0.05) is 118 Å². The zero-order valence-electron chi connectivity index (χ0n) is 22.2. The minimum Gasteiger partial charge on any atom is -0.385 e. The SMILES string of the molecule is CCCCCCCCCCCCCNc1ccc(Cl)c(N=C2NN(c3c(Cl)cc(Cl)cc3Cl)C(=O)C2N=N)c1. The summed E-state index contributed by atoms with van der Waals surface area (Å²) in [5, 5.41) is 9.09. The maximum absolute atomic E-state index is 13.0. The topological polar surface area (TPSA) is 92.9 Å². The summed E-state index contributed by atoms with van der Waals surface area (Å²) in [5.74, 6) is -0.404. The number of benzene rings is 2. The number of nitrogens with zero attached hydrogens (tertiary/aromatic N) is 3. The average Bonchev–Trinajstić information content (AvgIpc) is 3.20. The minimum atomic E-state index is -1.18. The Morgan fingerprint density at radius 3 is 2.05 bits per heavy atom. The molecule has 0 aliphatic carbocycles. The first-order chi connectivity index (χ1) is 18.8. The van der Waals surface area contributed by atoms with Crippen LogP contribution in [0.2, 0.25) is 20.1 Å². The molecule has 0 saturated carbocycles. The van der Waals surface area contributed by atoms with Crippen LogP contribution in [0.1, 0.15) is 77.6 Å². The van der Waals surface area contributed by atoms with Crippen LogP contribution in [-0.2, 0) is 4.79 Å². The third-order valence-corrected chi connectivity index (χ3v) is 7.68. The number of aliphatic imine (C=N–C) groups is 1. The molecule has 1 aliphatic rings. The highest BCUT2D eigenvalue weighted by Gasteiger charge is 2.40. The van der Waals surface area contributed by atoms with Crippen LogP contribution in [0, 0.1) is 5.53 Å². The van der Waals surface area contributed by atoms with E-state index in [0.717, 1.165) is 23.7 Å². The lowest BCUT2D eigenvalue weighted by atomic mass is 10.1. The number of hydrazine groups is 1. The molecule has 0 bridgehead atoms. The molecule has 7 nitrogen and oxygen atoms in total. The molecule has 3 N–H and O–H groups in total. The first kappa shape index (κ1) is 31.5. The second-order valence-electron chi connectivity index (χ2n) is 9.66. The molecular formula is C28H36Cl4N6O. The number of amidine groups is 1. The predicted octanol–water partition coefficient (Wildman–Crippen LogP) is 10.0. The standard InChI is InChI=1S/C28H36Cl4N6O/c1-2-3-4-5-6-7-8-9-10-11-12-15-34-20-13-14-21(30)24(18-20)35-27-25(36-33)28(39)38(37-27)26-22(31)16-19(29)17-23(26)32/h13-14,16-18,25,33-34H,2-12,15H2,1H3,(H,35,37). The summed E-state index contributed by atoms with van der Waals surface area (Å²) in [7, 11) is 0. The first-order valence-corrected chi connectivity index (χ1v) is 15.1. The summed E-state index contributed by atoms with van der Waals surface area (Å²) in [6.45, 7) is 3.10. The smallest absolute Gasteiger partial charge is 0.280 e. The molecule has 1 saturated heterocycles.